The van der Waals surface area contributed by atoms with E-state index in [9.17, 15) is 9.18 Å². The summed E-state index contributed by atoms with van der Waals surface area (Å²) in [6.45, 7) is 0.218. The Hall–Kier alpha value is -1.72. The van der Waals surface area contributed by atoms with Crippen LogP contribution in [0.25, 0.3) is 11.4 Å². The van der Waals surface area contributed by atoms with Crippen LogP contribution in [0.3, 0.4) is 0 Å². The Labute approximate surface area is 107 Å². The predicted molar refractivity (Wildman–Crippen MR) is 66.0 cm³/mol. The molecule has 1 N–H and O–H groups in total. The molecule has 0 spiro atoms. The van der Waals surface area contributed by atoms with Gasteiger partial charge in [0.15, 0.2) is 0 Å². The molecule has 0 aliphatic carbocycles. The van der Waals surface area contributed by atoms with E-state index in [1.54, 1.807) is 0 Å². The van der Waals surface area contributed by atoms with Gasteiger partial charge >= 0.3 is 0 Å². The largest absolute Gasteiger partial charge is 0.378 e. The number of ether oxygens (including phenoxy) is 1. The average Bonchev–Trinajstić information content (AvgIpc) is 2.28. The molecule has 1 heterocycles. The van der Waals surface area contributed by atoms with Crippen LogP contribution in [0, 0.1) is 5.82 Å². The molecule has 0 aliphatic heterocycles. The van der Waals surface area contributed by atoms with Gasteiger partial charge in [-0.15, -0.1) is 0 Å². The molecule has 0 amide bonds. The number of hydrogen-bond acceptors (Lipinski definition) is 3. The maximum atomic E-state index is 12.9. The summed E-state index contributed by atoms with van der Waals surface area (Å²) >= 11 is 5.91. The van der Waals surface area contributed by atoms with Gasteiger partial charge in [-0.25, -0.2) is 9.37 Å². The summed E-state index contributed by atoms with van der Waals surface area (Å²) < 4.78 is 17.9. The zero-order valence-electron chi connectivity index (χ0n) is 9.54. The quantitative estimate of drug-likeness (QED) is 0.930. The number of rotatable bonds is 3. The third kappa shape index (κ3) is 2.75. The van der Waals surface area contributed by atoms with Crippen LogP contribution < -0.4 is 5.56 Å². The van der Waals surface area contributed by atoms with Gasteiger partial charge < -0.3 is 9.72 Å². The lowest BCUT2D eigenvalue weighted by Crippen LogP contribution is -2.11. The van der Waals surface area contributed by atoms with Crippen molar-refractivity contribution in [1.29, 1.82) is 0 Å². The van der Waals surface area contributed by atoms with Gasteiger partial charge in [-0.3, -0.25) is 4.79 Å². The van der Waals surface area contributed by atoms with Crippen molar-refractivity contribution in [2.45, 2.75) is 6.61 Å². The second-order valence-corrected chi connectivity index (χ2v) is 4.05. The summed E-state index contributed by atoms with van der Waals surface area (Å²) in [6.07, 6.45) is 0. The molecule has 0 fully saturated rings. The van der Waals surface area contributed by atoms with E-state index in [0.717, 1.165) is 0 Å². The number of nitrogens with zero attached hydrogens (tertiary/aromatic N) is 1. The average molecular weight is 269 g/mol. The number of benzene rings is 1. The van der Waals surface area contributed by atoms with Gasteiger partial charge in [0.1, 0.15) is 11.6 Å². The van der Waals surface area contributed by atoms with E-state index in [0.29, 0.717) is 17.1 Å². The highest BCUT2D eigenvalue weighted by atomic mass is 35.5. The third-order valence-electron chi connectivity index (χ3n) is 2.27. The lowest BCUT2D eigenvalue weighted by Gasteiger charge is -2.05. The number of halogens is 2. The highest BCUT2D eigenvalue weighted by Crippen LogP contribution is 2.25. The molecule has 0 saturated carbocycles. The van der Waals surface area contributed by atoms with Crippen molar-refractivity contribution in [3.8, 4) is 11.4 Å². The van der Waals surface area contributed by atoms with Crippen LogP contribution in [0.1, 0.15) is 5.69 Å². The topological polar surface area (TPSA) is 55.0 Å². The first-order valence-corrected chi connectivity index (χ1v) is 5.52. The highest BCUT2D eigenvalue weighted by Gasteiger charge is 2.09. The zero-order valence-corrected chi connectivity index (χ0v) is 10.3. The van der Waals surface area contributed by atoms with E-state index in [1.807, 2.05) is 0 Å². The van der Waals surface area contributed by atoms with E-state index < -0.39 is 5.82 Å². The fourth-order valence-corrected chi connectivity index (χ4v) is 1.80. The van der Waals surface area contributed by atoms with Gasteiger partial charge in [0.25, 0.3) is 5.56 Å². The fraction of sp³-hybridized carbons (Fsp3) is 0.167. The van der Waals surface area contributed by atoms with E-state index in [4.69, 9.17) is 16.3 Å². The molecule has 0 atom stereocenters. The molecular formula is C12H10ClFN2O2. The molecule has 0 radical (unpaired) electrons. The Kier molecular flexibility index (Phi) is 3.74. The van der Waals surface area contributed by atoms with Crippen molar-refractivity contribution in [2.75, 3.05) is 7.11 Å². The van der Waals surface area contributed by atoms with Gasteiger partial charge in [0.2, 0.25) is 0 Å². The monoisotopic (exact) mass is 268 g/mol. The summed E-state index contributed by atoms with van der Waals surface area (Å²) in [5, 5.41) is 0.188. The molecule has 2 rings (SSSR count). The Morgan fingerprint density at radius 1 is 1.44 bits per heavy atom. The van der Waals surface area contributed by atoms with Crippen LogP contribution in [0.4, 0.5) is 4.39 Å². The minimum atomic E-state index is -0.445. The SMILES string of the molecule is COCc1cc(=O)[nH]c(-c2ccc(F)cc2Cl)n1. The molecule has 4 nitrogen and oxygen atoms in total. The van der Waals surface area contributed by atoms with Crippen molar-refractivity contribution >= 4 is 11.6 Å². The first-order valence-electron chi connectivity index (χ1n) is 5.15. The lowest BCUT2D eigenvalue weighted by atomic mass is 10.2. The van der Waals surface area contributed by atoms with Gasteiger partial charge in [-0.1, -0.05) is 11.6 Å². The second-order valence-electron chi connectivity index (χ2n) is 3.64. The predicted octanol–water partition coefficient (Wildman–Crippen LogP) is 2.38. The third-order valence-corrected chi connectivity index (χ3v) is 2.59. The van der Waals surface area contributed by atoms with Crippen LogP contribution >= 0.6 is 11.6 Å². The standard InChI is InChI=1S/C12H10ClFN2O2/c1-18-6-8-5-11(17)16-12(15-8)9-3-2-7(14)4-10(9)13/h2-5H,6H2,1H3,(H,15,16,17). The Bertz CT molecular complexity index is 628. The van der Waals surface area contributed by atoms with E-state index in [-0.39, 0.29) is 17.2 Å². The van der Waals surface area contributed by atoms with Gasteiger partial charge in [0.05, 0.1) is 17.3 Å². The minimum Gasteiger partial charge on any atom is -0.378 e. The Morgan fingerprint density at radius 2 is 2.22 bits per heavy atom. The van der Waals surface area contributed by atoms with Gasteiger partial charge in [-0.2, -0.15) is 0 Å². The maximum Gasteiger partial charge on any atom is 0.251 e. The highest BCUT2D eigenvalue weighted by molar-refractivity contribution is 6.33. The number of hydrogen-bond donors (Lipinski definition) is 1. The molecule has 6 heteroatoms. The van der Waals surface area contributed by atoms with Crippen LogP contribution in [0.5, 0.6) is 0 Å². The van der Waals surface area contributed by atoms with Crippen LogP contribution in [-0.2, 0) is 11.3 Å². The molecular weight excluding hydrogens is 259 g/mol. The second kappa shape index (κ2) is 5.29. The lowest BCUT2D eigenvalue weighted by molar-refractivity contribution is 0.181. The van der Waals surface area contributed by atoms with Crippen LogP contribution in [-0.4, -0.2) is 17.1 Å². The van der Waals surface area contributed by atoms with Crippen LogP contribution in [0.2, 0.25) is 5.02 Å². The molecule has 0 bridgehead atoms. The van der Waals surface area contributed by atoms with Gasteiger partial charge in [-0.05, 0) is 18.2 Å². The fourth-order valence-electron chi connectivity index (χ4n) is 1.54. The van der Waals surface area contributed by atoms with Crippen LogP contribution in [0.15, 0.2) is 29.1 Å². The molecule has 0 aliphatic rings. The number of aromatic amines is 1. The van der Waals surface area contributed by atoms with Crippen molar-refractivity contribution in [3.05, 3.63) is 51.2 Å². The summed E-state index contributed by atoms with van der Waals surface area (Å²) in [7, 11) is 1.51. The Balaban J connectivity index is 2.53. The molecule has 0 unspecified atom stereocenters. The molecule has 2 aromatic rings. The number of nitrogens with one attached hydrogen (secondary N) is 1. The number of H-pyrrole nitrogens is 1. The molecule has 18 heavy (non-hydrogen) atoms. The molecule has 1 aromatic carbocycles. The summed E-state index contributed by atoms with van der Waals surface area (Å²) in [4.78, 5) is 18.2. The summed E-state index contributed by atoms with van der Waals surface area (Å²) in [5.41, 5.74) is 0.636. The minimum absolute atomic E-state index is 0.188. The number of aromatic nitrogens is 2. The van der Waals surface area contributed by atoms with E-state index in [2.05, 4.69) is 9.97 Å². The summed E-state index contributed by atoms with van der Waals surface area (Å²) in [5.74, 6) is -0.154. The smallest absolute Gasteiger partial charge is 0.251 e. The van der Waals surface area contributed by atoms with Crippen molar-refractivity contribution in [3.63, 3.8) is 0 Å². The molecule has 94 valence electrons. The molecule has 1 aromatic heterocycles. The van der Waals surface area contributed by atoms with Crippen molar-refractivity contribution in [1.82, 2.24) is 9.97 Å². The van der Waals surface area contributed by atoms with Gasteiger partial charge in [0, 0.05) is 18.7 Å². The van der Waals surface area contributed by atoms with Crippen molar-refractivity contribution in [2.24, 2.45) is 0 Å². The normalized spacial score (nSPS) is 10.6. The maximum absolute atomic E-state index is 12.9. The molecule has 0 saturated heterocycles. The Morgan fingerprint density at radius 3 is 2.89 bits per heavy atom. The first kappa shape index (κ1) is 12.7. The summed E-state index contributed by atoms with van der Waals surface area (Å²) in [6, 6.07) is 5.22. The van der Waals surface area contributed by atoms with E-state index in [1.165, 1.54) is 31.4 Å². The zero-order chi connectivity index (χ0) is 13.1. The van der Waals surface area contributed by atoms with E-state index >= 15 is 0 Å². The number of methoxy groups -OCH3 is 1. The van der Waals surface area contributed by atoms with Crippen molar-refractivity contribution < 1.29 is 9.13 Å². The first-order chi connectivity index (χ1) is 8.60.